The quantitative estimate of drug-likeness (QED) is 0.794. The van der Waals surface area contributed by atoms with Gasteiger partial charge in [-0.25, -0.2) is 4.79 Å². The van der Waals surface area contributed by atoms with Gasteiger partial charge < -0.3 is 19.9 Å². The van der Waals surface area contributed by atoms with Crippen molar-refractivity contribution >= 4 is 23.5 Å². The van der Waals surface area contributed by atoms with Crippen molar-refractivity contribution < 1.29 is 14.3 Å². The van der Waals surface area contributed by atoms with Gasteiger partial charge in [0.05, 0.1) is 6.04 Å². The van der Waals surface area contributed by atoms with Gasteiger partial charge in [0.15, 0.2) is 0 Å². The van der Waals surface area contributed by atoms with E-state index < -0.39 is 0 Å². The third-order valence-corrected chi connectivity index (χ3v) is 6.57. The predicted molar refractivity (Wildman–Crippen MR) is 112 cm³/mol. The van der Waals surface area contributed by atoms with Gasteiger partial charge in [-0.3, -0.25) is 4.79 Å². The molecule has 1 N–H and O–H groups in total. The molecule has 2 aliphatic heterocycles. The number of aryl methyl sites for hydroxylation is 1. The second-order valence-electron chi connectivity index (χ2n) is 8.46. The van der Waals surface area contributed by atoms with Crippen LogP contribution in [0.25, 0.3) is 0 Å². The van der Waals surface area contributed by atoms with E-state index in [9.17, 15) is 9.59 Å². The Morgan fingerprint density at radius 1 is 1.21 bits per heavy atom. The second-order valence-corrected chi connectivity index (χ2v) is 8.87. The molecule has 2 atom stereocenters. The Hall–Kier alpha value is -1.79. The predicted octanol–water partition coefficient (Wildman–Crippen LogP) is 3.49. The number of hydrogen-bond acceptors (Lipinski definition) is 3. The van der Waals surface area contributed by atoms with Gasteiger partial charge in [0.1, 0.15) is 6.10 Å². The molecule has 1 aromatic carbocycles. The average Bonchev–Trinajstić information content (AvgIpc) is 3.39. The minimum atomic E-state index is -0.287. The highest BCUT2D eigenvalue weighted by molar-refractivity contribution is 6.31. The molecule has 4 rings (SSSR count). The van der Waals surface area contributed by atoms with Crippen molar-refractivity contribution in [3.63, 3.8) is 0 Å². The Kier molecular flexibility index (Phi) is 6.30. The fourth-order valence-corrected chi connectivity index (χ4v) is 4.54. The first-order valence-electron chi connectivity index (χ1n) is 10.7. The van der Waals surface area contributed by atoms with Crippen molar-refractivity contribution in [1.29, 1.82) is 0 Å². The zero-order valence-electron chi connectivity index (χ0n) is 17.0. The molecule has 0 aromatic heterocycles. The summed E-state index contributed by atoms with van der Waals surface area (Å²) in [6.45, 7) is 4.49. The van der Waals surface area contributed by atoms with Crippen LogP contribution in [0.15, 0.2) is 18.2 Å². The number of likely N-dealkylation sites (tertiary alicyclic amines) is 1. The number of ether oxygens (including phenoxy) is 1. The lowest BCUT2D eigenvalue weighted by Crippen LogP contribution is -2.56. The Morgan fingerprint density at radius 2 is 2.03 bits per heavy atom. The van der Waals surface area contributed by atoms with Crippen LogP contribution in [0.5, 0.6) is 0 Å². The molecule has 7 heteroatoms. The normalized spacial score (nSPS) is 24.4. The van der Waals surface area contributed by atoms with Crippen molar-refractivity contribution in [1.82, 2.24) is 15.1 Å². The highest BCUT2D eigenvalue weighted by atomic mass is 35.5. The molecule has 3 fully saturated rings. The summed E-state index contributed by atoms with van der Waals surface area (Å²) >= 11 is 6.09. The van der Waals surface area contributed by atoms with Gasteiger partial charge in [0, 0.05) is 37.3 Å². The van der Waals surface area contributed by atoms with Crippen LogP contribution < -0.4 is 5.32 Å². The first kappa shape index (κ1) is 20.5. The van der Waals surface area contributed by atoms with Gasteiger partial charge in [-0.1, -0.05) is 23.7 Å². The monoisotopic (exact) mass is 419 g/mol. The second kappa shape index (κ2) is 8.92. The van der Waals surface area contributed by atoms with Crippen molar-refractivity contribution in [2.75, 3.05) is 19.7 Å². The van der Waals surface area contributed by atoms with Crippen LogP contribution in [0.2, 0.25) is 5.02 Å². The Bertz CT molecular complexity index is 762. The van der Waals surface area contributed by atoms with Crippen LogP contribution in [-0.4, -0.2) is 59.6 Å². The minimum absolute atomic E-state index is 0.0310. The Balaban J connectivity index is 1.38. The maximum atomic E-state index is 13.0. The van der Waals surface area contributed by atoms with Gasteiger partial charge in [-0.2, -0.15) is 0 Å². The van der Waals surface area contributed by atoms with Crippen molar-refractivity contribution in [2.45, 2.75) is 70.2 Å². The molecule has 0 spiro atoms. The summed E-state index contributed by atoms with van der Waals surface area (Å²) in [4.78, 5) is 29.7. The van der Waals surface area contributed by atoms with Gasteiger partial charge in [-0.05, 0) is 62.6 Å². The number of nitrogens with one attached hydrogen (secondary N) is 1. The van der Waals surface area contributed by atoms with Crippen LogP contribution in [-0.2, 0) is 16.1 Å². The smallest absolute Gasteiger partial charge is 0.318 e. The number of halogens is 1. The number of nitrogens with zero attached hydrogens (tertiary/aromatic N) is 2. The third-order valence-electron chi connectivity index (χ3n) is 6.15. The lowest BCUT2D eigenvalue weighted by atomic mass is 10.0. The van der Waals surface area contributed by atoms with E-state index in [0.717, 1.165) is 61.2 Å². The summed E-state index contributed by atoms with van der Waals surface area (Å²) in [5.41, 5.74) is 2.04. The molecule has 2 heterocycles. The number of urea groups is 1. The molecule has 1 aromatic rings. The number of carbonyl (C=O) groups is 2. The van der Waals surface area contributed by atoms with E-state index in [-0.39, 0.29) is 24.1 Å². The number of benzene rings is 1. The fourth-order valence-electron chi connectivity index (χ4n) is 4.43. The average molecular weight is 420 g/mol. The number of hydrogen-bond donors (Lipinski definition) is 1. The molecule has 1 saturated carbocycles. The van der Waals surface area contributed by atoms with E-state index in [1.54, 1.807) is 0 Å². The molecule has 0 unspecified atom stereocenters. The molecule has 29 heavy (non-hydrogen) atoms. The molecule has 1 aliphatic carbocycles. The number of rotatable bonds is 5. The van der Waals surface area contributed by atoms with E-state index in [0.29, 0.717) is 25.7 Å². The number of amides is 3. The van der Waals surface area contributed by atoms with Gasteiger partial charge in [0.25, 0.3) is 5.91 Å². The van der Waals surface area contributed by atoms with E-state index >= 15 is 0 Å². The number of piperidine rings is 1. The summed E-state index contributed by atoms with van der Waals surface area (Å²) in [7, 11) is 0. The molecule has 158 valence electrons. The molecule has 6 nitrogen and oxygen atoms in total. The van der Waals surface area contributed by atoms with Crippen LogP contribution >= 0.6 is 11.6 Å². The zero-order chi connectivity index (χ0) is 20.4. The third kappa shape index (κ3) is 4.86. The van der Waals surface area contributed by atoms with E-state index in [4.69, 9.17) is 16.3 Å². The SMILES string of the molecule is Cc1cc(CNC(=O)N(C2CC2)[C@@H]2CCCN(C(=O)[C@@H]3CCCO3)C2)ccc1Cl. The number of carbonyl (C=O) groups excluding carboxylic acids is 2. The summed E-state index contributed by atoms with van der Waals surface area (Å²) in [5.74, 6) is 0.0972. The Labute approximate surface area is 177 Å². The van der Waals surface area contributed by atoms with E-state index in [1.165, 1.54) is 0 Å². The summed E-state index contributed by atoms with van der Waals surface area (Å²) in [6.07, 6.45) is 5.44. The van der Waals surface area contributed by atoms with Crippen molar-refractivity contribution in [3.05, 3.63) is 34.3 Å². The maximum absolute atomic E-state index is 13.0. The van der Waals surface area contributed by atoms with Crippen molar-refractivity contribution in [3.8, 4) is 0 Å². The molecule has 3 amide bonds. The van der Waals surface area contributed by atoms with Crippen LogP contribution in [0, 0.1) is 6.92 Å². The van der Waals surface area contributed by atoms with Crippen LogP contribution in [0.1, 0.15) is 49.7 Å². The molecular formula is C22H30ClN3O3. The first-order valence-corrected chi connectivity index (χ1v) is 11.1. The fraction of sp³-hybridized carbons (Fsp3) is 0.636. The van der Waals surface area contributed by atoms with Crippen molar-refractivity contribution in [2.24, 2.45) is 0 Å². The molecule has 2 saturated heterocycles. The van der Waals surface area contributed by atoms with Gasteiger partial charge >= 0.3 is 6.03 Å². The van der Waals surface area contributed by atoms with Crippen LogP contribution in [0.4, 0.5) is 4.79 Å². The molecule has 0 radical (unpaired) electrons. The Morgan fingerprint density at radius 3 is 2.72 bits per heavy atom. The minimum Gasteiger partial charge on any atom is -0.368 e. The highest BCUT2D eigenvalue weighted by Gasteiger charge is 2.40. The molecule has 3 aliphatic rings. The van der Waals surface area contributed by atoms with E-state index in [2.05, 4.69) is 5.32 Å². The van der Waals surface area contributed by atoms with Gasteiger partial charge in [0.2, 0.25) is 0 Å². The van der Waals surface area contributed by atoms with Crippen LogP contribution in [0.3, 0.4) is 0 Å². The maximum Gasteiger partial charge on any atom is 0.318 e. The lowest BCUT2D eigenvalue weighted by Gasteiger charge is -2.40. The summed E-state index contributed by atoms with van der Waals surface area (Å²) in [5, 5.41) is 3.81. The van der Waals surface area contributed by atoms with E-state index in [1.807, 2.05) is 34.9 Å². The lowest BCUT2D eigenvalue weighted by molar-refractivity contribution is -0.142. The summed E-state index contributed by atoms with van der Waals surface area (Å²) in [6, 6.07) is 6.16. The topological polar surface area (TPSA) is 61.9 Å². The van der Waals surface area contributed by atoms with Gasteiger partial charge in [-0.15, -0.1) is 0 Å². The standard InChI is InChI=1S/C22H30ClN3O3/c1-15-12-16(6-9-19(15)23)13-24-22(28)26(17-7-8-17)18-4-2-10-25(14-18)21(27)20-5-3-11-29-20/h6,9,12,17-18,20H,2-5,7-8,10-11,13-14H2,1H3,(H,24,28)/t18-,20+/m1/s1. The first-order chi connectivity index (χ1) is 14.0. The summed E-state index contributed by atoms with van der Waals surface area (Å²) < 4.78 is 5.58. The molecular weight excluding hydrogens is 390 g/mol. The molecule has 0 bridgehead atoms. The highest BCUT2D eigenvalue weighted by Crippen LogP contribution is 2.32. The largest absolute Gasteiger partial charge is 0.368 e. The zero-order valence-corrected chi connectivity index (χ0v) is 17.8.